The molecule has 1 N–H and O–H groups in total. The van der Waals surface area contributed by atoms with Gasteiger partial charge in [0.25, 0.3) is 5.69 Å². The molecule has 1 aliphatic heterocycles. The van der Waals surface area contributed by atoms with Gasteiger partial charge in [-0.3, -0.25) is 10.1 Å². The van der Waals surface area contributed by atoms with Crippen molar-refractivity contribution >= 4 is 21.6 Å². The van der Waals surface area contributed by atoms with E-state index in [4.69, 9.17) is 0 Å². The second kappa shape index (κ2) is 6.45. The normalized spacial score (nSPS) is 19.0. The highest BCUT2D eigenvalue weighted by Crippen LogP contribution is 2.22. The number of nitro groups is 1. The number of halogens is 1. The Labute approximate surface area is 121 Å². The van der Waals surface area contributed by atoms with Crippen molar-refractivity contribution in [2.24, 2.45) is 0 Å². The van der Waals surface area contributed by atoms with Crippen LogP contribution in [0.2, 0.25) is 0 Å². The molecule has 1 atom stereocenters. The number of hydrogen-bond donors (Lipinski definition) is 1. The van der Waals surface area contributed by atoms with Gasteiger partial charge in [0.1, 0.15) is 0 Å². The van der Waals surface area contributed by atoms with Crippen LogP contribution in [-0.2, 0) is 6.54 Å². The van der Waals surface area contributed by atoms with E-state index in [1.165, 1.54) is 18.9 Å². The van der Waals surface area contributed by atoms with Gasteiger partial charge in [-0.05, 0) is 38.1 Å². The summed E-state index contributed by atoms with van der Waals surface area (Å²) in [7, 11) is 2.05. The highest BCUT2D eigenvalue weighted by molar-refractivity contribution is 9.10. The van der Waals surface area contributed by atoms with Gasteiger partial charge in [0.15, 0.2) is 0 Å². The van der Waals surface area contributed by atoms with Crippen LogP contribution in [-0.4, -0.2) is 36.0 Å². The SMILES string of the molecule is CN(Cc1cc(Br)cc([N+](=O)[O-])c1)CC1CCCN1. The van der Waals surface area contributed by atoms with Crippen molar-refractivity contribution in [3.8, 4) is 0 Å². The lowest BCUT2D eigenvalue weighted by Gasteiger charge is -2.21. The number of nitrogens with zero attached hydrogens (tertiary/aromatic N) is 2. The molecule has 5 nitrogen and oxygen atoms in total. The lowest BCUT2D eigenvalue weighted by molar-refractivity contribution is -0.385. The summed E-state index contributed by atoms with van der Waals surface area (Å²) in [6.45, 7) is 2.79. The van der Waals surface area contributed by atoms with E-state index in [1.807, 2.05) is 13.1 Å². The van der Waals surface area contributed by atoms with E-state index in [-0.39, 0.29) is 10.6 Å². The van der Waals surface area contributed by atoms with Crippen LogP contribution < -0.4 is 5.32 Å². The minimum atomic E-state index is -0.354. The lowest BCUT2D eigenvalue weighted by Crippen LogP contribution is -2.34. The van der Waals surface area contributed by atoms with Gasteiger partial charge in [-0.15, -0.1) is 0 Å². The monoisotopic (exact) mass is 327 g/mol. The van der Waals surface area contributed by atoms with Gasteiger partial charge in [0, 0.05) is 35.7 Å². The number of nitrogens with one attached hydrogen (secondary N) is 1. The molecule has 0 aliphatic carbocycles. The molecule has 0 bridgehead atoms. The maximum Gasteiger partial charge on any atom is 0.270 e. The Hall–Kier alpha value is -0.980. The van der Waals surface area contributed by atoms with Gasteiger partial charge in [-0.1, -0.05) is 15.9 Å². The van der Waals surface area contributed by atoms with Crippen molar-refractivity contribution in [1.82, 2.24) is 10.2 Å². The number of likely N-dealkylation sites (N-methyl/N-ethyl adjacent to an activating group) is 1. The summed E-state index contributed by atoms with van der Waals surface area (Å²) >= 11 is 3.32. The Morgan fingerprint density at radius 3 is 2.95 bits per heavy atom. The first-order chi connectivity index (χ1) is 9.04. The van der Waals surface area contributed by atoms with Crippen molar-refractivity contribution in [2.75, 3.05) is 20.1 Å². The summed E-state index contributed by atoms with van der Waals surface area (Å²) in [5, 5.41) is 14.3. The van der Waals surface area contributed by atoms with Crippen molar-refractivity contribution in [3.63, 3.8) is 0 Å². The third-order valence-corrected chi connectivity index (χ3v) is 3.76. The third kappa shape index (κ3) is 4.26. The van der Waals surface area contributed by atoms with Gasteiger partial charge in [-0.2, -0.15) is 0 Å². The van der Waals surface area contributed by atoms with Crippen LogP contribution in [0.25, 0.3) is 0 Å². The second-order valence-corrected chi connectivity index (χ2v) is 5.98. The topological polar surface area (TPSA) is 58.4 Å². The highest BCUT2D eigenvalue weighted by Gasteiger charge is 2.16. The van der Waals surface area contributed by atoms with Gasteiger partial charge in [0.05, 0.1) is 4.92 Å². The molecule has 19 heavy (non-hydrogen) atoms. The van der Waals surface area contributed by atoms with E-state index < -0.39 is 0 Å². The second-order valence-electron chi connectivity index (χ2n) is 5.06. The van der Waals surface area contributed by atoms with Crippen LogP contribution >= 0.6 is 15.9 Å². The van der Waals surface area contributed by atoms with Crippen LogP contribution in [0.1, 0.15) is 18.4 Å². The summed E-state index contributed by atoms with van der Waals surface area (Å²) in [6.07, 6.45) is 2.45. The molecule has 0 radical (unpaired) electrons. The molecular formula is C13H18BrN3O2. The third-order valence-electron chi connectivity index (χ3n) is 3.30. The Kier molecular flexibility index (Phi) is 4.90. The Bertz CT molecular complexity index is 461. The molecule has 104 valence electrons. The number of nitro benzene ring substituents is 1. The van der Waals surface area contributed by atoms with Crippen molar-refractivity contribution < 1.29 is 4.92 Å². The molecule has 1 fully saturated rings. The van der Waals surface area contributed by atoms with Crippen LogP contribution in [0, 0.1) is 10.1 Å². The molecule has 1 aromatic carbocycles. The number of hydrogen-bond acceptors (Lipinski definition) is 4. The van der Waals surface area contributed by atoms with Gasteiger partial charge < -0.3 is 10.2 Å². The first-order valence-corrected chi connectivity index (χ1v) is 7.19. The van der Waals surface area contributed by atoms with Gasteiger partial charge in [0.2, 0.25) is 0 Å². The van der Waals surface area contributed by atoms with Crippen LogP contribution in [0.5, 0.6) is 0 Å². The van der Waals surface area contributed by atoms with E-state index in [1.54, 1.807) is 6.07 Å². The molecule has 1 unspecified atom stereocenters. The summed E-state index contributed by atoms with van der Waals surface area (Å²) < 4.78 is 0.754. The first kappa shape index (κ1) is 14.4. The van der Waals surface area contributed by atoms with Crippen LogP contribution in [0.3, 0.4) is 0 Å². The van der Waals surface area contributed by atoms with Gasteiger partial charge in [-0.25, -0.2) is 0 Å². The van der Waals surface area contributed by atoms with Crippen molar-refractivity contribution in [2.45, 2.75) is 25.4 Å². The van der Waals surface area contributed by atoms with E-state index >= 15 is 0 Å². The number of benzene rings is 1. The van der Waals surface area contributed by atoms with E-state index in [9.17, 15) is 10.1 Å². The first-order valence-electron chi connectivity index (χ1n) is 6.40. The van der Waals surface area contributed by atoms with Crippen LogP contribution in [0.4, 0.5) is 5.69 Å². The molecule has 0 aromatic heterocycles. The highest BCUT2D eigenvalue weighted by atomic mass is 79.9. The molecule has 1 aliphatic rings. The summed E-state index contributed by atoms with van der Waals surface area (Å²) in [4.78, 5) is 12.7. The fourth-order valence-electron chi connectivity index (χ4n) is 2.50. The Morgan fingerprint density at radius 2 is 2.32 bits per heavy atom. The molecular weight excluding hydrogens is 310 g/mol. The van der Waals surface area contributed by atoms with Gasteiger partial charge >= 0.3 is 0 Å². The minimum absolute atomic E-state index is 0.136. The minimum Gasteiger partial charge on any atom is -0.313 e. The molecule has 1 saturated heterocycles. The zero-order valence-corrected chi connectivity index (χ0v) is 12.5. The number of non-ortho nitro benzene ring substituents is 1. The maximum absolute atomic E-state index is 10.8. The molecule has 6 heteroatoms. The van der Waals surface area contributed by atoms with Crippen LogP contribution in [0.15, 0.2) is 22.7 Å². The average molecular weight is 328 g/mol. The molecule has 1 aromatic rings. The molecule has 1 heterocycles. The molecule has 0 spiro atoms. The maximum atomic E-state index is 10.8. The fraction of sp³-hybridized carbons (Fsp3) is 0.538. The standard InChI is InChI=1S/C13H18BrN3O2/c1-16(9-12-3-2-4-15-12)8-10-5-11(14)7-13(6-10)17(18)19/h5-7,12,15H,2-4,8-9H2,1H3. The molecule has 0 amide bonds. The zero-order chi connectivity index (χ0) is 13.8. The van der Waals surface area contributed by atoms with E-state index in [0.29, 0.717) is 6.04 Å². The Balaban J connectivity index is 1.99. The largest absolute Gasteiger partial charge is 0.313 e. The van der Waals surface area contributed by atoms with Crippen molar-refractivity contribution in [3.05, 3.63) is 38.3 Å². The molecule has 2 rings (SSSR count). The predicted octanol–water partition coefficient (Wildman–Crippen LogP) is 2.54. The van der Waals surface area contributed by atoms with E-state index in [2.05, 4.69) is 26.1 Å². The Morgan fingerprint density at radius 1 is 1.53 bits per heavy atom. The quantitative estimate of drug-likeness (QED) is 0.667. The smallest absolute Gasteiger partial charge is 0.270 e. The summed E-state index contributed by atoms with van der Waals surface area (Å²) in [5.74, 6) is 0. The zero-order valence-electron chi connectivity index (χ0n) is 10.9. The summed E-state index contributed by atoms with van der Waals surface area (Å²) in [6, 6.07) is 5.66. The molecule has 0 saturated carbocycles. The fourth-order valence-corrected chi connectivity index (χ4v) is 3.02. The lowest BCUT2D eigenvalue weighted by atomic mass is 10.1. The van der Waals surface area contributed by atoms with E-state index in [0.717, 1.165) is 29.7 Å². The predicted molar refractivity (Wildman–Crippen MR) is 78.2 cm³/mol. The number of rotatable bonds is 5. The average Bonchev–Trinajstić information content (AvgIpc) is 2.80. The summed E-state index contributed by atoms with van der Waals surface area (Å²) in [5.41, 5.74) is 1.10. The van der Waals surface area contributed by atoms with Crippen molar-refractivity contribution in [1.29, 1.82) is 0 Å².